The topological polar surface area (TPSA) is 28.7 Å². The van der Waals surface area contributed by atoms with Gasteiger partial charge in [-0.05, 0) is 25.3 Å². The predicted octanol–water partition coefficient (Wildman–Crippen LogP) is 2.40. The van der Waals surface area contributed by atoms with Crippen LogP contribution in [0.5, 0.6) is 0 Å². The number of hydrogen-bond acceptors (Lipinski definition) is 1. The summed E-state index contributed by atoms with van der Waals surface area (Å²) in [5.41, 5.74) is 3.13. The molecule has 0 amide bonds. The summed E-state index contributed by atoms with van der Waals surface area (Å²) in [4.78, 5) is 0. The minimum Gasteiger partial charge on any atom is -0.351 e. The molecule has 0 saturated heterocycles. The van der Waals surface area contributed by atoms with Crippen LogP contribution in [-0.4, -0.2) is 4.57 Å². The molecule has 2 nitrogen and oxygen atoms in total. The van der Waals surface area contributed by atoms with Crippen molar-refractivity contribution in [2.75, 3.05) is 0 Å². The van der Waals surface area contributed by atoms with Gasteiger partial charge in [-0.2, -0.15) is 5.26 Å². The first-order chi connectivity index (χ1) is 6.06. The van der Waals surface area contributed by atoms with Gasteiger partial charge in [-0.25, -0.2) is 0 Å². The van der Waals surface area contributed by atoms with Gasteiger partial charge in [0.15, 0.2) is 0 Å². The number of nitriles is 1. The summed E-state index contributed by atoms with van der Waals surface area (Å²) in [5, 5.41) is 8.83. The number of nitrogens with zero attached hydrogens (tertiary/aromatic N) is 2. The van der Waals surface area contributed by atoms with Crippen LogP contribution >= 0.6 is 0 Å². The Hall–Kier alpha value is -1.23. The summed E-state index contributed by atoms with van der Waals surface area (Å²) >= 11 is 0. The molecule has 1 aromatic heterocycles. The van der Waals surface area contributed by atoms with Gasteiger partial charge < -0.3 is 4.57 Å². The molecule has 0 bridgehead atoms. The van der Waals surface area contributed by atoms with E-state index in [0.717, 1.165) is 17.7 Å². The van der Waals surface area contributed by atoms with Crippen LogP contribution in [0.25, 0.3) is 0 Å². The third-order valence-electron chi connectivity index (χ3n) is 2.37. The van der Waals surface area contributed by atoms with Crippen molar-refractivity contribution in [3.63, 3.8) is 0 Å². The van der Waals surface area contributed by atoms with Crippen LogP contribution in [0.4, 0.5) is 0 Å². The second-order valence-electron chi connectivity index (χ2n) is 3.90. The van der Waals surface area contributed by atoms with E-state index in [1.807, 2.05) is 20.0 Å². The fourth-order valence-corrected chi connectivity index (χ4v) is 1.49. The molecule has 0 N–H and O–H groups in total. The Morgan fingerprint density at radius 3 is 2.54 bits per heavy atom. The van der Waals surface area contributed by atoms with Crippen molar-refractivity contribution in [1.82, 2.24) is 4.57 Å². The van der Waals surface area contributed by atoms with E-state index < -0.39 is 0 Å². The normalized spacial score (nSPS) is 10.5. The number of rotatable bonds is 2. The molecule has 0 spiro atoms. The molecule has 0 saturated carbocycles. The molecule has 1 rings (SSSR count). The first-order valence-corrected chi connectivity index (χ1v) is 4.61. The van der Waals surface area contributed by atoms with E-state index >= 15 is 0 Å². The minimum atomic E-state index is 0.638. The van der Waals surface area contributed by atoms with Crippen molar-refractivity contribution in [1.29, 1.82) is 5.26 Å². The number of hydrogen-bond donors (Lipinski definition) is 0. The lowest BCUT2D eigenvalue weighted by Gasteiger charge is -2.06. The molecular weight excluding hydrogens is 160 g/mol. The second kappa shape index (κ2) is 3.66. The number of aromatic nitrogens is 1. The minimum absolute atomic E-state index is 0.638. The fourth-order valence-electron chi connectivity index (χ4n) is 1.49. The van der Waals surface area contributed by atoms with E-state index in [0.29, 0.717) is 5.92 Å². The zero-order valence-corrected chi connectivity index (χ0v) is 8.76. The first kappa shape index (κ1) is 9.85. The summed E-state index contributed by atoms with van der Waals surface area (Å²) in [6, 6.07) is 4.20. The standard InChI is InChI=1S/C11H16N2/c1-8(2)5-11-6-10(7-12)9(3)13(11)4/h6,8H,5H2,1-4H3. The molecule has 0 aromatic carbocycles. The van der Waals surface area contributed by atoms with Crippen molar-refractivity contribution >= 4 is 0 Å². The summed E-state index contributed by atoms with van der Waals surface area (Å²) < 4.78 is 2.11. The molecule has 0 unspecified atom stereocenters. The summed E-state index contributed by atoms with van der Waals surface area (Å²) in [5.74, 6) is 0.638. The summed E-state index contributed by atoms with van der Waals surface area (Å²) in [7, 11) is 2.02. The largest absolute Gasteiger partial charge is 0.351 e. The fraction of sp³-hybridized carbons (Fsp3) is 0.545. The van der Waals surface area contributed by atoms with Gasteiger partial charge in [0.25, 0.3) is 0 Å². The molecule has 1 aromatic rings. The van der Waals surface area contributed by atoms with E-state index in [1.54, 1.807) is 0 Å². The maximum Gasteiger partial charge on any atom is 0.101 e. The van der Waals surface area contributed by atoms with E-state index in [1.165, 1.54) is 5.69 Å². The van der Waals surface area contributed by atoms with Crippen molar-refractivity contribution in [2.45, 2.75) is 27.2 Å². The van der Waals surface area contributed by atoms with Crippen LogP contribution in [0, 0.1) is 24.2 Å². The van der Waals surface area contributed by atoms with Crippen LogP contribution < -0.4 is 0 Å². The highest BCUT2D eigenvalue weighted by molar-refractivity contribution is 5.37. The predicted molar refractivity (Wildman–Crippen MR) is 53.4 cm³/mol. The summed E-state index contributed by atoms with van der Waals surface area (Å²) in [6.07, 6.45) is 1.04. The van der Waals surface area contributed by atoms with Gasteiger partial charge in [-0.3, -0.25) is 0 Å². The molecule has 0 fully saturated rings. The van der Waals surface area contributed by atoms with Crippen molar-refractivity contribution < 1.29 is 0 Å². The Morgan fingerprint density at radius 1 is 1.54 bits per heavy atom. The maximum absolute atomic E-state index is 8.83. The lowest BCUT2D eigenvalue weighted by molar-refractivity contribution is 0.613. The molecular formula is C11H16N2. The molecule has 0 radical (unpaired) electrons. The first-order valence-electron chi connectivity index (χ1n) is 4.61. The third-order valence-corrected chi connectivity index (χ3v) is 2.37. The molecule has 13 heavy (non-hydrogen) atoms. The van der Waals surface area contributed by atoms with Gasteiger partial charge in [0.05, 0.1) is 5.56 Å². The average molecular weight is 176 g/mol. The third kappa shape index (κ3) is 1.92. The van der Waals surface area contributed by atoms with E-state index in [-0.39, 0.29) is 0 Å². The highest BCUT2D eigenvalue weighted by atomic mass is 15.0. The van der Waals surface area contributed by atoms with Gasteiger partial charge in [-0.1, -0.05) is 13.8 Å². The SMILES string of the molecule is Cc1c(C#N)cc(CC(C)C)n1C. The van der Waals surface area contributed by atoms with Crippen LogP contribution in [0.2, 0.25) is 0 Å². The molecule has 0 aliphatic rings. The molecule has 2 heteroatoms. The van der Waals surface area contributed by atoms with Gasteiger partial charge in [0.2, 0.25) is 0 Å². The van der Waals surface area contributed by atoms with E-state index in [4.69, 9.17) is 5.26 Å². The van der Waals surface area contributed by atoms with Crippen LogP contribution in [0.1, 0.15) is 30.8 Å². The Labute approximate surface area is 79.8 Å². The van der Waals surface area contributed by atoms with E-state index in [2.05, 4.69) is 24.5 Å². The molecule has 0 aliphatic heterocycles. The monoisotopic (exact) mass is 176 g/mol. The Balaban J connectivity index is 3.04. The molecule has 1 heterocycles. The Bertz CT molecular complexity index is 340. The Morgan fingerprint density at radius 2 is 2.15 bits per heavy atom. The molecule has 70 valence electrons. The van der Waals surface area contributed by atoms with Gasteiger partial charge in [0, 0.05) is 18.4 Å². The molecule has 0 aliphatic carbocycles. The van der Waals surface area contributed by atoms with Crippen molar-refractivity contribution in [2.24, 2.45) is 13.0 Å². The lowest BCUT2D eigenvalue weighted by atomic mass is 10.1. The van der Waals surface area contributed by atoms with Crippen LogP contribution in [0.3, 0.4) is 0 Å². The zero-order valence-electron chi connectivity index (χ0n) is 8.76. The van der Waals surface area contributed by atoms with E-state index in [9.17, 15) is 0 Å². The van der Waals surface area contributed by atoms with Crippen LogP contribution in [-0.2, 0) is 13.5 Å². The lowest BCUT2D eigenvalue weighted by Crippen LogP contribution is -2.02. The quantitative estimate of drug-likeness (QED) is 0.680. The van der Waals surface area contributed by atoms with Gasteiger partial charge in [-0.15, -0.1) is 0 Å². The van der Waals surface area contributed by atoms with Crippen LogP contribution in [0.15, 0.2) is 6.07 Å². The molecule has 0 atom stereocenters. The highest BCUT2D eigenvalue weighted by Crippen LogP contribution is 2.15. The highest BCUT2D eigenvalue weighted by Gasteiger charge is 2.09. The van der Waals surface area contributed by atoms with Gasteiger partial charge in [0.1, 0.15) is 6.07 Å². The second-order valence-corrected chi connectivity index (χ2v) is 3.90. The average Bonchev–Trinajstić information content (AvgIpc) is 2.32. The Kier molecular flexibility index (Phi) is 2.77. The van der Waals surface area contributed by atoms with Gasteiger partial charge >= 0.3 is 0 Å². The zero-order chi connectivity index (χ0) is 10.0. The maximum atomic E-state index is 8.83. The van der Waals surface area contributed by atoms with Crippen molar-refractivity contribution in [3.05, 3.63) is 23.0 Å². The summed E-state index contributed by atoms with van der Waals surface area (Å²) in [6.45, 7) is 6.37. The van der Waals surface area contributed by atoms with Crippen molar-refractivity contribution in [3.8, 4) is 6.07 Å². The smallest absolute Gasteiger partial charge is 0.101 e.